The smallest absolute Gasteiger partial charge is 0.249 e. The van der Waals surface area contributed by atoms with Gasteiger partial charge in [-0.3, -0.25) is 9.78 Å². The van der Waals surface area contributed by atoms with Crippen LogP contribution in [0.5, 0.6) is 0 Å². The molecule has 0 aliphatic rings. The fourth-order valence-corrected chi connectivity index (χ4v) is 1.24. The average molecular weight is 178 g/mol. The van der Waals surface area contributed by atoms with Crippen molar-refractivity contribution < 1.29 is 4.79 Å². The molecule has 0 fully saturated rings. The third kappa shape index (κ3) is 2.05. The minimum absolute atomic E-state index is 0.274. The molecule has 0 unspecified atom stereocenters. The zero-order valence-electron chi connectivity index (χ0n) is 8.16. The van der Waals surface area contributed by atoms with Crippen molar-refractivity contribution in [1.82, 2.24) is 4.98 Å². The molecule has 0 saturated heterocycles. The molecular weight excluding hydrogens is 164 g/mol. The fraction of sp³-hybridized carbons (Fsp3) is 0.400. The van der Waals surface area contributed by atoms with E-state index in [4.69, 9.17) is 5.73 Å². The van der Waals surface area contributed by atoms with Crippen LogP contribution in [0, 0.1) is 6.92 Å². The maximum Gasteiger partial charge on any atom is 0.249 e. The number of nitrogens with two attached hydrogens (primary N) is 1. The van der Waals surface area contributed by atoms with Crippen molar-refractivity contribution in [2.75, 3.05) is 0 Å². The highest BCUT2D eigenvalue weighted by atomic mass is 16.1. The summed E-state index contributed by atoms with van der Waals surface area (Å²) in [5, 5.41) is 0. The summed E-state index contributed by atoms with van der Waals surface area (Å²) in [6, 6.07) is 1.73. The van der Waals surface area contributed by atoms with E-state index < -0.39 is 0 Å². The summed E-state index contributed by atoms with van der Waals surface area (Å²) >= 11 is 0. The monoisotopic (exact) mass is 178 g/mol. The molecule has 0 saturated carbocycles. The van der Waals surface area contributed by atoms with E-state index in [0.717, 1.165) is 11.3 Å². The number of primary amides is 1. The lowest BCUT2D eigenvalue weighted by Gasteiger charge is -2.09. The molecular formula is C10H14N2O. The number of hydrogen-bond donors (Lipinski definition) is 1. The van der Waals surface area contributed by atoms with Gasteiger partial charge in [0, 0.05) is 17.5 Å². The van der Waals surface area contributed by atoms with E-state index >= 15 is 0 Å². The minimum atomic E-state index is -0.380. The molecule has 70 valence electrons. The van der Waals surface area contributed by atoms with Gasteiger partial charge in [0.1, 0.15) is 0 Å². The van der Waals surface area contributed by atoms with Gasteiger partial charge in [-0.15, -0.1) is 0 Å². The molecule has 3 nitrogen and oxygen atoms in total. The summed E-state index contributed by atoms with van der Waals surface area (Å²) in [4.78, 5) is 15.2. The molecule has 0 radical (unpaired) electrons. The van der Waals surface area contributed by atoms with Crippen LogP contribution in [0.1, 0.15) is 41.4 Å². The molecule has 0 aliphatic carbocycles. The first kappa shape index (κ1) is 9.71. The highest BCUT2D eigenvalue weighted by molar-refractivity contribution is 5.94. The molecule has 3 heteroatoms. The van der Waals surface area contributed by atoms with Gasteiger partial charge in [-0.25, -0.2) is 0 Å². The Labute approximate surface area is 78.0 Å². The largest absolute Gasteiger partial charge is 0.366 e. The van der Waals surface area contributed by atoms with Crippen LogP contribution in [0.15, 0.2) is 12.3 Å². The SMILES string of the molecule is Cc1cc(C(N)=O)c(C(C)C)cn1. The Morgan fingerprint density at radius 1 is 1.54 bits per heavy atom. The zero-order valence-corrected chi connectivity index (χ0v) is 8.16. The minimum Gasteiger partial charge on any atom is -0.366 e. The van der Waals surface area contributed by atoms with Crippen LogP contribution in [-0.2, 0) is 0 Å². The number of carbonyl (C=O) groups is 1. The van der Waals surface area contributed by atoms with Gasteiger partial charge in [-0.1, -0.05) is 13.8 Å². The van der Waals surface area contributed by atoms with Gasteiger partial charge in [0.25, 0.3) is 0 Å². The lowest BCUT2D eigenvalue weighted by atomic mass is 9.99. The fourth-order valence-electron chi connectivity index (χ4n) is 1.24. The van der Waals surface area contributed by atoms with Crippen molar-refractivity contribution in [2.45, 2.75) is 26.7 Å². The predicted octanol–water partition coefficient (Wildman–Crippen LogP) is 1.61. The van der Waals surface area contributed by atoms with Crippen LogP contribution in [0.3, 0.4) is 0 Å². The van der Waals surface area contributed by atoms with Gasteiger partial charge in [0.15, 0.2) is 0 Å². The van der Waals surface area contributed by atoms with Gasteiger partial charge in [-0.2, -0.15) is 0 Å². The number of hydrogen-bond acceptors (Lipinski definition) is 2. The van der Waals surface area contributed by atoms with Gasteiger partial charge >= 0.3 is 0 Å². The second-order valence-corrected chi connectivity index (χ2v) is 3.43. The Kier molecular flexibility index (Phi) is 2.66. The quantitative estimate of drug-likeness (QED) is 0.748. The third-order valence-electron chi connectivity index (χ3n) is 1.96. The van der Waals surface area contributed by atoms with E-state index in [2.05, 4.69) is 4.98 Å². The Hall–Kier alpha value is -1.38. The maximum absolute atomic E-state index is 11.1. The lowest BCUT2D eigenvalue weighted by molar-refractivity contribution is 0.0999. The molecule has 2 N–H and O–H groups in total. The number of amides is 1. The molecule has 0 aliphatic heterocycles. The van der Waals surface area contributed by atoms with E-state index in [1.54, 1.807) is 12.3 Å². The molecule has 1 aromatic heterocycles. The van der Waals surface area contributed by atoms with Crippen LogP contribution in [-0.4, -0.2) is 10.9 Å². The lowest BCUT2D eigenvalue weighted by Crippen LogP contribution is -2.15. The predicted molar refractivity (Wildman–Crippen MR) is 51.6 cm³/mol. The summed E-state index contributed by atoms with van der Waals surface area (Å²) in [6.45, 7) is 5.87. The van der Waals surface area contributed by atoms with Gasteiger partial charge in [0.05, 0.1) is 0 Å². The Bertz CT molecular complexity index is 332. The number of nitrogens with zero attached hydrogens (tertiary/aromatic N) is 1. The topological polar surface area (TPSA) is 56.0 Å². The van der Waals surface area contributed by atoms with E-state index in [0.29, 0.717) is 5.56 Å². The molecule has 0 atom stereocenters. The van der Waals surface area contributed by atoms with Gasteiger partial charge in [0.2, 0.25) is 5.91 Å². The van der Waals surface area contributed by atoms with Crippen molar-refractivity contribution in [3.8, 4) is 0 Å². The number of pyridine rings is 1. The van der Waals surface area contributed by atoms with Crippen LogP contribution in [0.2, 0.25) is 0 Å². The van der Waals surface area contributed by atoms with E-state index in [1.165, 1.54) is 0 Å². The first-order valence-corrected chi connectivity index (χ1v) is 4.28. The first-order chi connectivity index (χ1) is 6.02. The molecule has 0 spiro atoms. The van der Waals surface area contributed by atoms with Crippen molar-refractivity contribution in [3.63, 3.8) is 0 Å². The summed E-state index contributed by atoms with van der Waals surface area (Å²) in [5.74, 6) is -0.107. The molecule has 0 bridgehead atoms. The van der Waals surface area contributed by atoms with E-state index in [1.807, 2.05) is 20.8 Å². The van der Waals surface area contributed by atoms with Crippen LogP contribution >= 0.6 is 0 Å². The highest BCUT2D eigenvalue weighted by Gasteiger charge is 2.11. The molecule has 1 heterocycles. The van der Waals surface area contributed by atoms with E-state index in [9.17, 15) is 4.79 Å². The second kappa shape index (κ2) is 3.56. The molecule has 1 rings (SSSR count). The summed E-state index contributed by atoms with van der Waals surface area (Å²) in [5.41, 5.74) is 7.57. The standard InChI is InChI=1S/C10H14N2O/c1-6(2)9-5-12-7(3)4-8(9)10(11)13/h4-6H,1-3H3,(H2,11,13). The molecule has 1 amide bonds. The Morgan fingerprint density at radius 3 is 2.62 bits per heavy atom. The highest BCUT2D eigenvalue weighted by Crippen LogP contribution is 2.18. The molecule has 0 aromatic carbocycles. The number of aryl methyl sites for hydroxylation is 1. The Morgan fingerprint density at radius 2 is 2.15 bits per heavy atom. The van der Waals surface area contributed by atoms with Crippen LogP contribution in [0.4, 0.5) is 0 Å². The normalized spacial score (nSPS) is 10.5. The van der Waals surface area contributed by atoms with Crippen LogP contribution in [0.25, 0.3) is 0 Å². The van der Waals surface area contributed by atoms with Crippen molar-refractivity contribution >= 4 is 5.91 Å². The maximum atomic E-state index is 11.1. The molecule has 1 aromatic rings. The Balaban J connectivity index is 3.27. The van der Waals surface area contributed by atoms with Crippen molar-refractivity contribution in [1.29, 1.82) is 0 Å². The van der Waals surface area contributed by atoms with E-state index in [-0.39, 0.29) is 11.8 Å². The number of carbonyl (C=O) groups excluding carboxylic acids is 1. The number of rotatable bonds is 2. The average Bonchev–Trinajstić information content (AvgIpc) is 2.03. The summed E-state index contributed by atoms with van der Waals surface area (Å²) < 4.78 is 0. The molecule has 13 heavy (non-hydrogen) atoms. The summed E-state index contributed by atoms with van der Waals surface area (Å²) in [7, 11) is 0. The van der Waals surface area contributed by atoms with Crippen LogP contribution < -0.4 is 5.73 Å². The van der Waals surface area contributed by atoms with Crippen molar-refractivity contribution in [3.05, 3.63) is 29.1 Å². The second-order valence-electron chi connectivity index (χ2n) is 3.43. The number of aromatic nitrogens is 1. The summed E-state index contributed by atoms with van der Waals surface area (Å²) in [6.07, 6.45) is 1.72. The van der Waals surface area contributed by atoms with Crippen molar-refractivity contribution in [2.24, 2.45) is 5.73 Å². The van der Waals surface area contributed by atoms with Gasteiger partial charge < -0.3 is 5.73 Å². The van der Waals surface area contributed by atoms with Gasteiger partial charge in [-0.05, 0) is 24.5 Å². The third-order valence-corrected chi connectivity index (χ3v) is 1.96. The zero-order chi connectivity index (χ0) is 10.0. The first-order valence-electron chi connectivity index (χ1n) is 4.28.